The molecule has 0 fully saturated rings. The van der Waals surface area contributed by atoms with Crippen molar-refractivity contribution >= 4 is 27.6 Å². The molecule has 0 saturated heterocycles. The number of hydrogen-bond acceptors (Lipinski definition) is 2. The van der Waals surface area contributed by atoms with Crippen molar-refractivity contribution in [2.45, 2.75) is 20.8 Å². The van der Waals surface area contributed by atoms with Crippen LogP contribution in [-0.4, -0.2) is 11.1 Å². The Bertz CT molecular complexity index is 310. The van der Waals surface area contributed by atoms with Gasteiger partial charge < -0.3 is 10.8 Å². The number of carboxylic acid groups (broad SMARTS) is 1. The first-order chi connectivity index (χ1) is 6.34. The number of benzene rings is 1. The van der Waals surface area contributed by atoms with E-state index >= 15 is 0 Å². The van der Waals surface area contributed by atoms with E-state index in [0.717, 1.165) is 22.6 Å². The summed E-state index contributed by atoms with van der Waals surface area (Å²) in [5, 5.41) is 7.42. The molecule has 0 spiro atoms. The quantitative estimate of drug-likeness (QED) is 0.705. The van der Waals surface area contributed by atoms with E-state index in [2.05, 4.69) is 28.9 Å². The average molecular weight is 260 g/mol. The maximum absolute atomic E-state index is 9.00. The summed E-state index contributed by atoms with van der Waals surface area (Å²) >= 11 is 3.37. The van der Waals surface area contributed by atoms with Gasteiger partial charge in [-0.15, -0.1) is 0 Å². The fourth-order valence-corrected chi connectivity index (χ4v) is 1.60. The van der Waals surface area contributed by atoms with Crippen LogP contribution in [0.5, 0.6) is 0 Å². The zero-order valence-electron chi connectivity index (χ0n) is 8.47. The maximum atomic E-state index is 9.00. The van der Waals surface area contributed by atoms with Gasteiger partial charge in [0.15, 0.2) is 0 Å². The number of aryl methyl sites for hydroxylation is 2. The first-order valence-electron chi connectivity index (χ1n) is 4.06. The van der Waals surface area contributed by atoms with Gasteiger partial charge in [-0.05, 0) is 47.0 Å². The number of hydrogen-bond donors (Lipinski definition) is 2. The third-order valence-corrected chi connectivity index (χ3v) is 2.14. The summed E-state index contributed by atoms with van der Waals surface area (Å²) in [6, 6.07) is 4.09. The van der Waals surface area contributed by atoms with Crippen molar-refractivity contribution < 1.29 is 9.90 Å². The second-order valence-corrected chi connectivity index (χ2v) is 3.85. The number of rotatable bonds is 0. The molecule has 0 radical (unpaired) electrons. The van der Waals surface area contributed by atoms with Gasteiger partial charge in [0.05, 0.1) is 0 Å². The van der Waals surface area contributed by atoms with Crippen LogP contribution in [0.25, 0.3) is 0 Å². The molecule has 0 saturated carbocycles. The Kier molecular flexibility index (Phi) is 5.23. The van der Waals surface area contributed by atoms with Gasteiger partial charge in [-0.25, -0.2) is 0 Å². The Hall–Kier alpha value is -1.03. The number of nitrogen functional groups attached to an aromatic ring is 1. The summed E-state index contributed by atoms with van der Waals surface area (Å²) in [6.45, 7) is 5.14. The second kappa shape index (κ2) is 5.65. The van der Waals surface area contributed by atoms with Crippen LogP contribution in [0.2, 0.25) is 0 Å². The zero-order chi connectivity index (χ0) is 11.3. The summed E-state index contributed by atoms with van der Waals surface area (Å²) in [5.41, 5.74) is 8.91. The predicted molar refractivity (Wildman–Crippen MR) is 61.3 cm³/mol. The number of carboxylic acids is 1. The van der Waals surface area contributed by atoms with Crippen LogP contribution in [0, 0.1) is 13.8 Å². The van der Waals surface area contributed by atoms with E-state index in [0.29, 0.717) is 0 Å². The molecule has 0 heterocycles. The molecule has 3 nitrogen and oxygen atoms in total. The van der Waals surface area contributed by atoms with Crippen molar-refractivity contribution in [3.63, 3.8) is 0 Å². The molecule has 0 aliphatic carbocycles. The Labute approximate surface area is 92.1 Å². The van der Waals surface area contributed by atoms with Crippen LogP contribution in [0.3, 0.4) is 0 Å². The standard InChI is InChI=1S/C8H10BrN.C2H4O2/c1-5-3-6(2)8(10)7(9)4-5;1-2(3)4/h3-4H,10H2,1-2H3;1H3,(H,3,4). The fourth-order valence-electron chi connectivity index (χ4n) is 0.927. The largest absolute Gasteiger partial charge is 0.481 e. The third kappa shape index (κ3) is 4.87. The molecule has 1 aromatic rings. The molecule has 0 aliphatic heterocycles. The fraction of sp³-hybridized carbons (Fsp3) is 0.300. The summed E-state index contributed by atoms with van der Waals surface area (Å²) in [6.07, 6.45) is 0. The van der Waals surface area contributed by atoms with E-state index in [1.54, 1.807) is 0 Å². The lowest BCUT2D eigenvalue weighted by Crippen LogP contribution is -1.91. The van der Waals surface area contributed by atoms with Crippen LogP contribution in [0.4, 0.5) is 5.69 Å². The molecule has 3 N–H and O–H groups in total. The molecule has 0 bridgehead atoms. The first kappa shape index (κ1) is 13.0. The van der Waals surface area contributed by atoms with Gasteiger partial charge in [-0.2, -0.15) is 0 Å². The normalized spacial score (nSPS) is 8.86. The minimum atomic E-state index is -0.833. The van der Waals surface area contributed by atoms with Gasteiger partial charge in [0.1, 0.15) is 0 Å². The highest BCUT2D eigenvalue weighted by Gasteiger charge is 1.98. The highest BCUT2D eigenvalue weighted by Crippen LogP contribution is 2.23. The monoisotopic (exact) mass is 259 g/mol. The highest BCUT2D eigenvalue weighted by molar-refractivity contribution is 9.10. The number of carbonyl (C=O) groups is 1. The Morgan fingerprint density at radius 2 is 1.86 bits per heavy atom. The molecule has 1 aromatic carbocycles. The number of nitrogens with two attached hydrogens (primary N) is 1. The first-order valence-corrected chi connectivity index (χ1v) is 4.85. The van der Waals surface area contributed by atoms with Crippen molar-refractivity contribution in [2.24, 2.45) is 0 Å². The molecule has 0 amide bonds. The van der Waals surface area contributed by atoms with E-state index in [-0.39, 0.29) is 0 Å². The number of aliphatic carboxylic acids is 1. The van der Waals surface area contributed by atoms with Crippen LogP contribution in [-0.2, 0) is 4.79 Å². The molecule has 4 heteroatoms. The molecule has 0 aliphatic rings. The van der Waals surface area contributed by atoms with Gasteiger partial charge in [-0.3, -0.25) is 4.79 Å². The van der Waals surface area contributed by atoms with Gasteiger partial charge >= 0.3 is 0 Å². The maximum Gasteiger partial charge on any atom is 0.300 e. The summed E-state index contributed by atoms with van der Waals surface area (Å²) < 4.78 is 0.991. The van der Waals surface area contributed by atoms with Crippen molar-refractivity contribution in [1.29, 1.82) is 0 Å². The lowest BCUT2D eigenvalue weighted by Gasteiger charge is -2.03. The molecule has 0 unspecified atom stereocenters. The van der Waals surface area contributed by atoms with E-state index in [9.17, 15) is 0 Å². The average Bonchev–Trinajstić information content (AvgIpc) is 1.98. The predicted octanol–water partition coefficient (Wildman–Crippen LogP) is 2.74. The number of anilines is 1. The van der Waals surface area contributed by atoms with Crippen LogP contribution in [0.1, 0.15) is 18.1 Å². The van der Waals surface area contributed by atoms with Gasteiger partial charge in [0, 0.05) is 17.1 Å². The van der Waals surface area contributed by atoms with Crippen LogP contribution in [0.15, 0.2) is 16.6 Å². The van der Waals surface area contributed by atoms with Gasteiger partial charge in [-0.1, -0.05) is 6.07 Å². The molecule has 0 atom stereocenters. The van der Waals surface area contributed by atoms with Crippen molar-refractivity contribution in [3.05, 3.63) is 27.7 Å². The van der Waals surface area contributed by atoms with Crippen molar-refractivity contribution in [2.75, 3.05) is 5.73 Å². The van der Waals surface area contributed by atoms with E-state index in [4.69, 9.17) is 15.6 Å². The summed E-state index contributed by atoms with van der Waals surface area (Å²) in [4.78, 5) is 9.00. The molecule has 1 rings (SSSR count). The minimum Gasteiger partial charge on any atom is -0.481 e. The topological polar surface area (TPSA) is 63.3 Å². The van der Waals surface area contributed by atoms with Gasteiger partial charge in [0.25, 0.3) is 5.97 Å². The lowest BCUT2D eigenvalue weighted by molar-refractivity contribution is -0.134. The smallest absolute Gasteiger partial charge is 0.300 e. The Morgan fingerprint density at radius 1 is 1.43 bits per heavy atom. The molecule has 14 heavy (non-hydrogen) atoms. The van der Waals surface area contributed by atoms with Crippen LogP contribution >= 0.6 is 15.9 Å². The van der Waals surface area contributed by atoms with Crippen molar-refractivity contribution in [1.82, 2.24) is 0 Å². The van der Waals surface area contributed by atoms with Crippen molar-refractivity contribution in [3.8, 4) is 0 Å². The van der Waals surface area contributed by atoms with E-state index < -0.39 is 5.97 Å². The molecular formula is C10H14BrNO2. The Morgan fingerprint density at radius 3 is 2.21 bits per heavy atom. The van der Waals surface area contributed by atoms with Gasteiger partial charge in [0.2, 0.25) is 0 Å². The van der Waals surface area contributed by atoms with Crippen LogP contribution < -0.4 is 5.73 Å². The second-order valence-electron chi connectivity index (χ2n) is 3.00. The summed E-state index contributed by atoms with van der Waals surface area (Å²) in [7, 11) is 0. The summed E-state index contributed by atoms with van der Waals surface area (Å²) in [5.74, 6) is -0.833. The van der Waals surface area contributed by atoms with E-state index in [1.807, 2.05) is 13.0 Å². The zero-order valence-corrected chi connectivity index (χ0v) is 10.1. The number of halogens is 1. The Balaban J connectivity index is 0.000000364. The highest BCUT2D eigenvalue weighted by atomic mass is 79.9. The molecule has 0 aromatic heterocycles. The SMILES string of the molecule is CC(=O)O.Cc1cc(C)c(N)c(Br)c1. The lowest BCUT2D eigenvalue weighted by atomic mass is 10.1. The molecule has 78 valence electrons. The third-order valence-electron chi connectivity index (χ3n) is 1.48. The minimum absolute atomic E-state index is 0.833. The van der Waals surface area contributed by atoms with E-state index in [1.165, 1.54) is 5.56 Å². The molecular weight excluding hydrogens is 246 g/mol.